The maximum Gasteiger partial charge on any atom is 0.417 e. The van der Waals surface area contributed by atoms with E-state index < -0.39 is 11.7 Å². The molecule has 0 spiro atoms. The van der Waals surface area contributed by atoms with E-state index in [1.54, 1.807) is 0 Å². The molecule has 0 unspecified atom stereocenters. The standard InChI is InChI=1S/C10H7ClF3N/c11-8-3-4-9(10(12,13)14)7(6-8)2-1-5-15/h3-4,6H,5,15H2. The van der Waals surface area contributed by atoms with Gasteiger partial charge in [-0.1, -0.05) is 23.4 Å². The number of rotatable bonds is 0. The highest BCUT2D eigenvalue weighted by Crippen LogP contribution is 2.32. The summed E-state index contributed by atoms with van der Waals surface area (Å²) in [6, 6.07) is 3.26. The van der Waals surface area contributed by atoms with Crippen LogP contribution in [0.4, 0.5) is 13.2 Å². The van der Waals surface area contributed by atoms with Gasteiger partial charge >= 0.3 is 6.18 Å². The lowest BCUT2D eigenvalue weighted by Gasteiger charge is -2.08. The molecule has 0 saturated heterocycles. The van der Waals surface area contributed by atoms with Gasteiger partial charge < -0.3 is 5.73 Å². The van der Waals surface area contributed by atoms with Gasteiger partial charge in [0.25, 0.3) is 0 Å². The SMILES string of the molecule is NCC#Cc1cc(Cl)ccc1C(F)(F)F. The predicted molar refractivity (Wildman–Crippen MR) is 52.4 cm³/mol. The summed E-state index contributed by atoms with van der Waals surface area (Å²) in [6.45, 7) is 0.00378. The summed E-state index contributed by atoms with van der Waals surface area (Å²) < 4.78 is 37.4. The Labute approximate surface area is 90.0 Å². The highest BCUT2D eigenvalue weighted by atomic mass is 35.5. The number of benzene rings is 1. The zero-order valence-electron chi connectivity index (χ0n) is 7.53. The van der Waals surface area contributed by atoms with Crippen molar-refractivity contribution in [1.82, 2.24) is 0 Å². The van der Waals surface area contributed by atoms with Gasteiger partial charge in [-0.2, -0.15) is 13.2 Å². The lowest BCUT2D eigenvalue weighted by Crippen LogP contribution is -2.07. The van der Waals surface area contributed by atoms with Crippen molar-refractivity contribution >= 4 is 11.6 Å². The molecule has 0 aliphatic rings. The van der Waals surface area contributed by atoms with E-state index >= 15 is 0 Å². The lowest BCUT2D eigenvalue weighted by molar-refractivity contribution is -0.137. The first-order chi connectivity index (χ1) is 6.95. The summed E-state index contributed by atoms with van der Waals surface area (Å²) in [7, 11) is 0. The Morgan fingerprint density at radius 1 is 1.33 bits per heavy atom. The summed E-state index contributed by atoms with van der Waals surface area (Å²) in [5, 5.41) is 0.212. The Hall–Kier alpha value is -1.18. The monoisotopic (exact) mass is 233 g/mol. The summed E-state index contributed by atoms with van der Waals surface area (Å²) in [5.41, 5.74) is 4.14. The van der Waals surface area contributed by atoms with Crippen LogP contribution in [-0.2, 0) is 6.18 Å². The maximum absolute atomic E-state index is 12.5. The minimum absolute atomic E-state index is 0.00378. The van der Waals surface area contributed by atoms with Crippen LogP contribution in [0.2, 0.25) is 5.02 Å². The van der Waals surface area contributed by atoms with Crippen molar-refractivity contribution in [3.05, 3.63) is 34.3 Å². The zero-order chi connectivity index (χ0) is 11.5. The molecule has 1 aromatic carbocycles. The molecule has 1 nitrogen and oxygen atoms in total. The van der Waals surface area contributed by atoms with Gasteiger partial charge in [0.2, 0.25) is 0 Å². The third-order valence-corrected chi connectivity index (χ3v) is 1.85. The molecule has 5 heteroatoms. The normalized spacial score (nSPS) is 10.7. The molecular weight excluding hydrogens is 227 g/mol. The van der Waals surface area contributed by atoms with Crippen molar-refractivity contribution < 1.29 is 13.2 Å². The molecule has 0 radical (unpaired) electrons. The number of hydrogen-bond donors (Lipinski definition) is 1. The molecule has 0 heterocycles. The van der Waals surface area contributed by atoms with E-state index in [2.05, 4.69) is 11.8 Å². The maximum atomic E-state index is 12.5. The Morgan fingerprint density at radius 2 is 2.00 bits per heavy atom. The smallest absolute Gasteiger partial charge is 0.320 e. The fourth-order valence-corrected chi connectivity index (χ4v) is 1.19. The molecule has 0 aliphatic carbocycles. The van der Waals surface area contributed by atoms with Crippen LogP contribution >= 0.6 is 11.6 Å². The summed E-state index contributed by atoms with van der Waals surface area (Å²) in [6.07, 6.45) is -4.43. The van der Waals surface area contributed by atoms with Crippen LogP contribution in [0, 0.1) is 11.8 Å². The van der Waals surface area contributed by atoms with E-state index in [0.717, 1.165) is 6.07 Å². The fraction of sp³-hybridized carbons (Fsp3) is 0.200. The first-order valence-corrected chi connectivity index (χ1v) is 4.38. The van der Waals surface area contributed by atoms with Gasteiger partial charge in [-0.15, -0.1) is 0 Å². The zero-order valence-corrected chi connectivity index (χ0v) is 8.28. The van der Waals surface area contributed by atoms with E-state index in [0.29, 0.717) is 0 Å². The second-order valence-electron chi connectivity index (χ2n) is 2.69. The molecule has 80 valence electrons. The number of alkyl halides is 3. The van der Waals surface area contributed by atoms with Gasteiger partial charge in [0.05, 0.1) is 12.1 Å². The van der Waals surface area contributed by atoms with Crippen molar-refractivity contribution in [3.8, 4) is 11.8 Å². The molecule has 0 aliphatic heterocycles. The molecule has 0 amide bonds. The van der Waals surface area contributed by atoms with Crippen LogP contribution in [-0.4, -0.2) is 6.54 Å². The molecular formula is C10H7ClF3N. The highest BCUT2D eigenvalue weighted by molar-refractivity contribution is 6.30. The second kappa shape index (κ2) is 4.56. The largest absolute Gasteiger partial charge is 0.417 e. The van der Waals surface area contributed by atoms with Gasteiger partial charge in [0.15, 0.2) is 0 Å². The van der Waals surface area contributed by atoms with Crippen molar-refractivity contribution in [1.29, 1.82) is 0 Å². The van der Waals surface area contributed by atoms with Crippen molar-refractivity contribution in [2.75, 3.05) is 6.54 Å². The first kappa shape index (κ1) is 11.9. The number of halogens is 4. The van der Waals surface area contributed by atoms with Crippen LogP contribution < -0.4 is 5.73 Å². The van der Waals surface area contributed by atoms with Crippen LogP contribution in [0.1, 0.15) is 11.1 Å². The highest BCUT2D eigenvalue weighted by Gasteiger charge is 2.32. The van der Waals surface area contributed by atoms with Crippen LogP contribution in [0.3, 0.4) is 0 Å². The van der Waals surface area contributed by atoms with Gasteiger partial charge in [-0.25, -0.2) is 0 Å². The van der Waals surface area contributed by atoms with Crippen LogP contribution in [0.25, 0.3) is 0 Å². The third kappa shape index (κ3) is 3.15. The molecule has 2 N–H and O–H groups in total. The van der Waals surface area contributed by atoms with Gasteiger partial charge in [0, 0.05) is 10.6 Å². The molecule has 0 bridgehead atoms. The molecule has 0 atom stereocenters. The Morgan fingerprint density at radius 3 is 2.53 bits per heavy atom. The van der Waals surface area contributed by atoms with Gasteiger partial charge in [0.1, 0.15) is 0 Å². The number of nitrogens with two attached hydrogens (primary N) is 1. The van der Waals surface area contributed by atoms with Crippen molar-refractivity contribution in [2.24, 2.45) is 5.73 Å². The van der Waals surface area contributed by atoms with Gasteiger partial charge in [-0.05, 0) is 18.2 Å². The minimum Gasteiger partial charge on any atom is -0.320 e. The summed E-state index contributed by atoms with van der Waals surface area (Å²) in [4.78, 5) is 0. The summed E-state index contributed by atoms with van der Waals surface area (Å²) in [5.74, 6) is 4.70. The van der Waals surface area contributed by atoms with Crippen molar-refractivity contribution in [2.45, 2.75) is 6.18 Å². The Bertz CT molecular complexity index is 415. The predicted octanol–water partition coefficient (Wildman–Crippen LogP) is 2.67. The third-order valence-electron chi connectivity index (χ3n) is 1.61. The van der Waals surface area contributed by atoms with Crippen molar-refractivity contribution in [3.63, 3.8) is 0 Å². The average molecular weight is 234 g/mol. The Kier molecular flexibility index (Phi) is 3.61. The van der Waals surface area contributed by atoms with E-state index in [1.165, 1.54) is 12.1 Å². The van der Waals surface area contributed by atoms with Crippen LogP contribution in [0.5, 0.6) is 0 Å². The summed E-state index contributed by atoms with van der Waals surface area (Å²) >= 11 is 5.58. The van der Waals surface area contributed by atoms with E-state index in [1.807, 2.05) is 0 Å². The molecule has 0 saturated carbocycles. The first-order valence-electron chi connectivity index (χ1n) is 4.01. The molecule has 0 aromatic heterocycles. The Balaban J connectivity index is 3.27. The quantitative estimate of drug-likeness (QED) is 0.685. The molecule has 0 fully saturated rings. The molecule has 15 heavy (non-hydrogen) atoms. The minimum atomic E-state index is -4.43. The van der Waals surface area contributed by atoms with E-state index in [9.17, 15) is 13.2 Å². The molecule has 1 aromatic rings. The van der Waals surface area contributed by atoms with Crippen LogP contribution in [0.15, 0.2) is 18.2 Å². The topological polar surface area (TPSA) is 26.0 Å². The van der Waals surface area contributed by atoms with E-state index in [4.69, 9.17) is 17.3 Å². The molecule has 1 rings (SSSR count). The average Bonchev–Trinajstić information content (AvgIpc) is 2.12. The van der Waals surface area contributed by atoms with Gasteiger partial charge in [-0.3, -0.25) is 0 Å². The fourth-order valence-electron chi connectivity index (χ4n) is 1.01. The van der Waals surface area contributed by atoms with E-state index in [-0.39, 0.29) is 17.1 Å². The second-order valence-corrected chi connectivity index (χ2v) is 3.13. The lowest BCUT2D eigenvalue weighted by atomic mass is 10.1. The number of hydrogen-bond acceptors (Lipinski definition) is 1.